The molecule has 0 saturated heterocycles. The van der Waals surface area contributed by atoms with E-state index in [0.717, 1.165) is 5.69 Å². The van der Waals surface area contributed by atoms with Crippen LogP contribution in [0.2, 0.25) is 0 Å². The quantitative estimate of drug-likeness (QED) is 0.575. The van der Waals surface area contributed by atoms with Crippen molar-refractivity contribution < 1.29 is 4.79 Å². The van der Waals surface area contributed by atoms with Gasteiger partial charge in [0.15, 0.2) is 4.77 Å². The Bertz CT molecular complexity index is 344. The summed E-state index contributed by atoms with van der Waals surface area (Å²) in [5.41, 5.74) is 6.01. The lowest BCUT2D eigenvalue weighted by atomic mass is 10.1. The van der Waals surface area contributed by atoms with Crippen molar-refractivity contribution in [3.63, 3.8) is 0 Å². The fourth-order valence-corrected chi connectivity index (χ4v) is 1.24. The van der Waals surface area contributed by atoms with Crippen molar-refractivity contribution in [3.05, 3.63) is 16.7 Å². The third-order valence-corrected chi connectivity index (χ3v) is 1.99. The molecule has 1 unspecified atom stereocenters. The molecule has 1 rings (SSSR count). The van der Waals surface area contributed by atoms with Crippen LogP contribution >= 0.6 is 12.2 Å². The zero-order valence-corrected chi connectivity index (χ0v) is 10.1. The van der Waals surface area contributed by atoms with Crippen molar-refractivity contribution in [2.24, 2.45) is 5.73 Å². The van der Waals surface area contributed by atoms with Gasteiger partial charge in [0.25, 0.3) is 0 Å². The van der Waals surface area contributed by atoms with Crippen LogP contribution in [0.15, 0.2) is 6.20 Å². The Kier molecular flexibility index (Phi) is 6.64. The van der Waals surface area contributed by atoms with E-state index in [0.29, 0.717) is 11.2 Å². The Morgan fingerprint density at radius 3 is 2.60 bits per heavy atom. The maximum absolute atomic E-state index is 10.9. The second-order valence-electron chi connectivity index (χ2n) is 2.72. The maximum Gasteiger partial charge on any atom is 0.234 e. The zero-order valence-electron chi connectivity index (χ0n) is 9.26. The van der Waals surface area contributed by atoms with E-state index in [1.54, 1.807) is 13.2 Å². The summed E-state index contributed by atoms with van der Waals surface area (Å²) in [6.07, 6.45) is 2.24. The van der Waals surface area contributed by atoms with Gasteiger partial charge in [0, 0.05) is 18.3 Å². The van der Waals surface area contributed by atoms with Crippen molar-refractivity contribution in [3.8, 4) is 0 Å². The summed E-state index contributed by atoms with van der Waals surface area (Å²) < 4.78 is 0.550. The molecule has 5 nitrogen and oxygen atoms in total. The number of hydrogen-bond acceptors (Lipinski definition) is 3. The molecule has 1 aromatic rings. The number of likely N-dealkylation sites (N-methyl/N-ethyl adjacent to an activating group) is 1. The maximum atomic E-state index is 10.9. The molecule has 0 aliphatic heterocycles. The fourth-order valence-electron chi connectivity index (χ4n) is 1.05. The number of carbonyl (C=O) groups is 1. The van der Waals surface area contributed by atoms with Gasteiger partial charge in [-0.3, -0.25) is 4.79 Å². The molecule has 0 radical (unpaired) electrons. The van der Waals surface area contributed by atoms with E-state index in [-0.39, 0.29) is 11.9 Å². The topological polar surface area (TPSA) is 86.7 Å². The van der Waals surface area contributed by atoms with Crippen LogP contribution in [0, 0.1) is 4.77 Å². The third-order valence-electron chi connectivity index (χ3n) is 1.77. The normalized spacial score (nSPS) is 11.4. The Balaban J connectivity index is 0.000000921. The SMILES string of the molecule is CC.CNC(Cc1c[nH]c(=S)[nH]1)C(N)=O. The molecule has 0 fully saturated rings. The van der Waals surface area contributed by atoms with E-state index < -0.39 is 0 Å². The number of imidazole rings is 1. The molecule has 0 bridgehead atoms. The average molecular weight is 230 g/mol. The van der Waals surface area contributed by atoms with Gasteiger partial charge in [0.1, 0.15) is 0 Å². The first kappa shape index (κ1) is 13.9. The molecule has 0 aromatic carbocycles. The Morgan fingerprint density at radius 1 is 1.67 bits per heavy atom. The van der Waals surface area contributed by atoms with Crippen molar-refractivity contribution in [2.75, 3.05) is 7.05 Å². The summed E-state index contributed by atoms with van der Waals surface area (Å²) in [6, 6.07) is -0.360. The first-order valence-electron chi connectivity index (χ1n) is 4.86. The van der Waals surface area contributed by atoms with Crippen LogP contribution in [-0.4, -0.2) is 29.0 Å². The molecule has 15 heavy (non-hydrogen) atoms. The highest BCUT2D eigenvalue weighted by Crippen LogP contribution is 1.98. The van der Waals surface area contributed by atoms with Gasteiger partial charge in [-0.2, -0.15) is 0 Å². The van der Waals surface area contributed by atoms with Crippen LogP contribution in [0.25, 0.3) is 0 Å². The predicted molar refractivity (Wildman–Crippen MR) is 63.1 cm³/mol. The van der Waals surface area contributed by atoms with Gasteiger partial charge in [-0.05, 0) is 19.3 Å². The van der Waals surface area contributed by atoms with E-state index in [1.807, 2.05) is 13.8 Å². The number of amides is 1. The monoisotopic (exact) mass is 230 g/mol. The van der Waals surface area contributed by atoms with Crippen LogP contribution in [0.1, 0.15) is 19.5 Å². The molecule has 1 heterocycles. The van der Waals surface area contributed by atoms with Crippen LogP contribution in [0.5, 0.6) is 0 Å². The highest BCUT2D eigenvalue weighted by atomic mass is 32.1. The van der Waals surface area contributed by atoms with Gasteiger partial charge >= 0.3 is 0 Å². The fraction of sp³-hybridized carbons (Fsp3) is 0.556. The highest BCUT2D eigenvalue weighted by molar-refractivity contribution is 7.71. The average Bonchev–Trinajstić information content (AvgIpc) is 2.63. The van der Waals surface area contributed by atoms with E-state index >= 15 is 0 Å². The molecule has 5 N–H and O–H groups in total. The minimum Gasteiger partial charge on any atom is -0.368 e. The van der Waals surface area contributed by atoms with Crippen molar-refractivity contribution in [1.82, 2.24) is 15.3 Å². The van der Waals surface area contributed by atoms with E-state index in [9.17, 15) is 4.79 Å². The van der Waals surface area contributed by atoms with Crippen molar-refractivity contribution >= 4 is 18.1 Å². The smallest absolute Gasteiger partial charge is 0.234 e. The number of primary amides is 1. The number of aromatic amines is 2. The van der Waals surface area contributed by atoms with Gasteiger partial charge in [0.05, 0.1) is 6.04 Å². The zero-order chi connectivity index (χ0) is 11.8. The summed E-state index contributed by atoms with van der Waals surface area (Å²) in [7, 11) is 1.69. The minimum atomic E-state index is -0.372. The van der Waals surface area contributed by atoms with E-state index in [2.05, 4.69) is 15.3 Å². The molecular formula is C9H18N4OS. The van der Waals surface area contributed by atoms with E-state index in [1.165, 1.54) is 0 Å². The first-order chi connectivity index (χ1) is 7.13. The van der Waals surface area contributed by atoms with Gasteiger partial charge in [-0.1, -0.05) is 13.8 Å². The third kappa shape index (κ3) is 4.75. The summed E-state index contributed by atoms with van der Waals surface area (Å²) in [4.78, 5) is 16.6. The molecule has 0 aliphatic rings. The molecular weight excluding hydrogens is 212 g/mol. The molecule has 86 valence electrons. The van der Waals surface area contributed by atoms with Crippen LogP contribution in [0.3, 0.4) is 0 Å². The number of aromatic nitrogens is 2. The lowest BCUT2D eigenvalue weighted by Crippen LogP contribution is -2.40. The molecule has 0 spiro atoms. The number of hydrogen-bond donors (Lipinski definition) is 4. The van der Waals surface area contributed by atoms with Gasteiger partial charge in [-0.25, -0.2) is 0 Å². The molecule has 1 aromatic heterocycles. The Morgan fingerprint density at radius 2 is 2.27 bits per heavy atom. The van der Waals surface area contributed by atoms with E-state index in [4.69, 9.17) is 18.0 Å². The summed E-state index contributed by atoms with van der Waals surface area (Å²) in [5, 5.41) is 2.82. The number of carbonyl (C=O) groups excluding carboxylic acids is 1. The first-order valence-corrected chi connectivity index (χ1v) is 5.27. The summed E-state index contributed by atoms with van der Waals surface area (Å²) in [6.45, 7) is 4.00. The van der Waals surface area contributed by atoms with Crippen LogP contribution in [0.4, 0.5) is 0 Å². The molecule has 6 heteroatoms. The Labute approximate surface area is 94.5 Å². The van der Waals surface area contributed by atoms with Crippen molar-refractivity contribution in [2.45, 2.75) is 26.3 Å². The lowest BCUT2D eigenvalue weighted by molar-refractivity contribution is -0.119. The van der Waals surface area contributed by atoms with Crippen molar-refractivity contribution in [1.29, 1.82) is 0 Å². The molecule has 1 amide bonds. The molecule has 1 atom stereocenters. The molecule has 0 aliphatic carbocycles. The Hall–Kier alpha value is -1.14. The number of nitrogens with two attached hydrogens (primary N) is 1. The highest BCUT2D eigenvalue weighted by Gasteiger charge is 2.13. The summed E-state index contributed by atoms with van der Waals surface area (Å²) in [5.74, 6) is -0.372. The predicted octanol–water partition coefficient (Wildman–Crippen LogP) is 0.714. The second kappa shape index (κ2) is 7.19. The number of rotatable bonds is 4. The largest absolute Gasteiger partial charge is 0.368 e. The van der Waals surface area contributed by atoms with Gasteiger partial charge < -0.3 is 21.0 Å². The van der Waals surface area contributed by atoms with Gasteiger partial charge in [-0.15, -0.1) is 0 Å². The molecule has 0 saturated carbocycles. The van der Waals surface area contributed by atoms with Crippen LogP contribution in [-0.2, 0) is 11.2 Å². The number of H-pyrrole nitrogens is 2. The minimum absolute atomic E-state index is 0.360. The summed E-state index contributed by atoms with van der Waals surface area (Å²) >= 11 is 4.84. The van der Waals surface area contributed by atoms with Crippen LogP contribution < -0.4 is 11.1 Å². The standard InChI is InChI=1S/C7H12N4OS.C2H6/c1-9-5(6(8)12)2-4-3-10-7(13)11-4;1-2/h3,5,9H,2H2,1H3,(H2,8,12)(H2,10,11,13);1-2H3. The number of nitrogens with one attached hydrogen (secondary N) is 3. The lowest BCUT2D eigenvalue weighted by Gasteiger charge is -2.09. The van der Waals surface area contributed by atoms with Gasteiger partial charge in [0.2, 0.25) is 5.91 Å². The second-order valence-corrected chi connectivity index (χ2v) is 3.12.